The standard InChI is InChI=1S/C16H26N4O/c1-6-8-20-9-7-17-14(20)10-13(21)12-11-19(5)18-15(12)16(2,3)4/h7,9,11,13,21H,6,8,10H2,1-5H3. The monoisotopic (exact) mass is 290 g/mol. The van der Waals surface area contributed by atoms with E-state index < -0.39 is 6.10 Å². The van der Waals surface area contributed by atoms with E-state index in [1.165, 1.54) is 0 Å². The molecule has 0 spiro atoms. The largest absolute Gasteiger partial charge is 0.388 e. The second-order valence-electron chi connectivity index (χ2n) is 6.61. The Labute approximate surface area is 126 Å². The van der Waals surface area contributed by atoms with Gasteiger partial charge in [-0.2, -0.15) is 5.10 Å². The van der Waals surface area contributed by atoms with E-state index in [1.807, 2.05) is 19.4 Å². The number of rotatable bonds is 5. The van der Waals surface area contributed by atoms with Crippen molar-refractivity contribution in [2.24, 2.45) is 7.05 Å². The van der Waals surface area contributed by atoms with Crippen molar-refractivity contribution >= 4 is 0 Å². The maximum Gasteiger partial charge on any atom is 0.111 e. The molecular weight excluding hydrogens is 264 g/mol. The summed E-state index contributed by atoms with van der Waals surface area (Å²) in [6, 6.07) is 0. The number of aliphatic hydroxyl groups is 1. The summed E-state index contributed by atoms with van der Waals surface area (Å²) in [5, 5.41) is 15.2. The van der Waals surface area contributed by atoms with Crippen LogP contribution in [0.15, 0.2) is 18.6 Å². The topological polar surface area (TPSA) is 55.9 Å². The van der Waals surface area contributed by atoms with Gasteiger partial charge >= 0.3 is 0 Å². The maximum atomic E-state index is 10.6. The Kier molecular flexibility index (Phi) is 4.52. The molecule has 2 rings (SSSR count). The molecule has 0 saturated carbocycles. The number of nitrogens with zero attached hydrogens (tertiary/aromatic N) is 4. The van der Waals surface area contributed by atoms with E-state index in [2.05, 4.69) is 42.3 Å². The zero-order chi connectivity index (χ0) is 15.6. The Morgan fingerprint density at radius 3 is 2.67 bits per heavy atom. The summed E-state index contributed by atoms with van der Waals surface area (Å²) in [6.45, 7) is 9.41. The molecule has 0 aromatic carbocycles. The molecule has 1 atom stereocenters. The summed E-state index contributed by atoms with van der Waals surface area (Å²) in [5.41, 5.74) is 1.76. The van der Waals surface area contributed by atoms with Gasteiger partial charge in [0.25, 0.3) is 0 Å². The lowest BCUT2D eigenvalue weighted by molar-refractivity contribution is 0.172. The first-order valence-electron chi connectivity index (χ1n) is 7.55. The van der Waals surface area contributed by atoms with Crippen LogP contribution in [-0.2, 0) is 25.4 Å². The highest BCUT2D eigenvalue weighted by molar-refractivity contribution is 5.27. The average molecular weight is 290 g/mol. The van der Waals surface area contributed by atoms with Crippen LogP contribution in [0, 0.1) is 0 Å². The van der Waals surface area contributed by atoms with Crippen molar-refractivity contribution in [3.05, 3.63) is 35.7 Å². The number of aromatic nitrogens is 4. The lowest BCUT2D eigenvalue weighted by atomic mass is 9.87. The van der Waals surface area contributed by atoms with Crippen molar-refractivity contribution in [1.29, 1.82) is 0 Å². The molecule has 1 N–H and O–H groups in total. The van der Waals surface area contributed by atoms with Gasteiger partial charge in [-0.1, -0.05) is 27.7 Å². The fourth-order valence-electron chi connectivity index (χ4n) is 2.59. The van der Waals surface area contributed by atoms with Gasteiger partial charge in [-0.15, -0.1) is 0 Å². The van der Waals surface area contributed by atoms with Gasteiger partial charge in [0, 0.05) is 49.6 Å². The molecule has 116 valence electrons. The van der Waals surface area contributed by atoms with E-state index in [4.69, 9.17) is 0 Å². The lowest BCUT2D eigenvalue weighted by Gasteiger charge is -2.20. The van der Waals surface area contributed by atoms with Gasteiger partial charge in [-0.25, -0.2) is 4.98 Å². The third kappa shape index (κ3) is 3.53. The van der Waals surface area contributed by atoms with Crippen LogP contribution in [0.5, 0.6) is 0 Å². The SMILES string of the molecule is CCCn1ccnc1CC(O)c1cn(C)nc1C(C)(C)C. The molecule has 1 unspecified atom stereocenters. The smallest absolute Gasteiger partial charge is 0.111 e. The molecule has 21 heavy (non-hydrogen) atoms. The number of imidazole rings is 1. The first-order valence-corrected chi connectivity index (χ1v) is 7.55. The molecule has 0 aliphatic carbocycles. The highest BCUT2D eigenvalue weighted by Gasteiger charge is 2.26. The van der Waals surface area contributed by atoms with Gasteiger partial charge in [0.2, 0.25) is 0 Å². The highest BCUT2D eigenvalue weighted by atomic mass is 16.3. The Balaban J connectivity index is 2.24. The lowest BCUT2D eigenvalue weighted by Crippen LogP contribution is -2.17. The summed E-state index contributed by atoms with van der Waals surface area (Å²) in [5.74, 6) is 0.924. The minimum Gasteiger partial charge on any atom is -0.388 e. The number of hydrogen-bond acceptors (Lipinski definition) is 3. The number of aliphatic hydroxyl groups excluding tert-OH is 1. The van der Waals surface area contributed by atoms with E-state index >= 15 is 0 Å². The van der Waals surface area contributed by atoms with Crippen LogP contribution in [0.2, 0.25) is 0 Å². The van der Waals surface area contributed by atoms with Crippen LogP contribution in [0.3, 0.4) is 0 Å². The van der Waals surface area contributed by atoms with Gasteiger partial charge < -0.3 is 9.67 Å². The summed E-state index contributed by atoms with van der Waals surface area (Å²) in [4.78, 5) is 4.37. The third-order valence-electron chi connectivity index (χ3n) is 3.57. The summed E-state index contributed by atoms with van der Waals surface area (Å²) in [6.07, 6.45) is 6.68. The third-order valence-corrected chi connectivity index (χ3v) is 3.57. The molecule has 0 bridgehead atoms. The predicted molar refractivity (Wildman–Crippen MR) is 83.1 cm³/mol. The summed E-state index contributed by atoms with van der Waals surface area (Å²) < 4.78 is 3.88. The Morgan fingerprint density at radius 2 is 2.05 bits per heavy atom. The van der Waals surface area contributed by atoms with Crippen molar-refractivity contribution in [3.8, 4) is 0 Å². The van der Waals surface area contributed by atoms with Gasteiger partial charge in [-0.05, 0) is 6.42 Å². The summed E-state index contributed by atoms with van der Waals surface area (Å²) in [7, 11) is 1.89. The molecule has 5 heteroatoms. The first-order chi connectivity index (χ1) is 9.82. The fraction of sp³-hybridized carbons (Fsp3) is 0.625. The Morgan fingerprint density at radius 1 is 1.33 bits per heavy atom. The van der Waals surface area contributed by atoms with Crippen molar-refractivity contribution in [2.75, 3.05) is 0 Å². The molecule has 0 amide bonds. The molecule has 0 fully saturated rings. The number of aryl methyl sites for hydroxylation is 2. The van der Waals surface area contributed by atoms with Crippen LogP contribution >= 0.6 is 0 Å². The first kappa shape index (κ1) is 15.8. The van der Waals surface area contributed by atoms with Crippen LogP contribution in [-0.4, -0.2) is 24.4 Å². The Hall–Kier alpha value is -1.62. The minimum absolute atomic E-state index is 0.0869. The quantitative estimate of drug-likeness (QED) is 0.921. The normalized spacial score (nSPS) is 13.6. The molecule has 0 radical (unpaired) electrons. The molecule has 2 aromatic rings. The maximum absolute atomic E-state index is 10.6. The predicted octanol–water partition coefficient (Wildman–Crippen LogP) is 2.60. The van der Waals surface area contributed by atoms with E-state index in [9.17, 15) is 5.11 Å². The molecular formula is C16H26N4O. The van der Waals surface area contributed by atoms with Crippen molar-refractivity contribution in [1.82, 2.24) is 19.3 Å². The minimum atomic E-state index is -0.578. The Bertz CT molecular complexity index is 592. The van der Waals surface area contributed by atoms with Crippen LogP contribution in [0.1, 0.15) is 57.3 Å². The molecule has 2 heterocycles. The van der Waals surface area contributed by atoms with Gasteiger partial charge in [-0.3, -0.25) is 4.68 Å². The van der Waals surface area contributed by atoms with Gasteiger partial charge in [0.05, 0.1) is 11.8 Å². The number of hydrogen-bond donors (Lipinski definition) is 1. The highest BCUT2D eigenvalue weighted by Crippen LogP contribution is 2.29. The second kappa shape index (κ2) is 6.02. The van der Waals surface area contributed by atoms with Crippen molar-refractivity contribution < 1.29 is 5.11 Å². The average Bonchev–Trinajstić information content (AvgIpc) is 2.96. The molecule has 2 aromatic heterocycles. The van der Waals surface area contributed by atoms with Gasteiger partial charge in [0.15, 0.2) is 0 Å². The molecule has 5 nitrogen and oxygen atoms in total. The van der Waals surface area contributed by atoms with E-state index in [0.29, 0.717) is 6.42 Å². The van der Waals surface area contributed by atoms with E-state index in [-0.39, 0.29) is 5.41 Å². The molecule has 0 saturated heterocycles. The van der Waals surface area contributed by atoms with E-state index in [1.54, 1.807) is 10.9 Å². The van der Waals surface area contributed by atoms with Crippen molar-refractivity contribution in [2.45, 2.75) is 58.6 Å². The van der Waals surface area contributed by atoms with Gasteiger partial charge in [0.1, 0.15) is 5.82 Å². The van der Waals surface area contributed by atoms with Crippen LogP contribution in [0.25, 0.3) is 0 Å². The summed E-state index contributed by atoms with van der Waals surface area (Å²) >= 11 is 0. The zero-order valence-electron chi connectivity index (χ0n) is 13.7. The van der Waals surface area contributed by atoms with Crippen molar-refractivity contribution in [3.63, 3.8) is 0 Å². The fourth-order valence-corrected chi connectivity index (χ4v) is 2.59. The zero-order valence-corrected chi connectivity index (χ0v) is 13.7. The van der Waals surface area contributed by atoms with E-state index in [0.717, 1.165) is 30.0 Å². The molecule has 0 aliphatic heterocycles. The second-order valence-corrected chi connectivity index (χ2v) is 6.61. The molecule has 0 aliphatic rings. The van der Waals surface area contributed by atoms with Crippen LogP contribution < -0.4 is 0 Å². The van der Waals surface area contributed by atoms with Crippen LogP contribution in [0.4, 0.5) is 0 Å².